The Morgan fingerprint density at radius 2 is 0.538 bits per heavy atom. The van der Waals surface area contributed by atoms with Gasteiger partial charge in [0, 0.05) is 0 Å². The summed E-state index contributed by atoms with van der Waals surface area (Å²) in [7, 11) is 0. The molecule has 76 valence electrons. The summed E-state index contributed by atoms with van der Waals surface area (Å²) in [5.74, 6) is 0. The van der Waals surface area contributed by atoms with Crippen molar-refractivity contribution in [3.05, 3.63) is 0 Å². The Hall–Kier alpha value is 2.49. The van der Waals surface area contributed by atoms with E-state index in [0.29, 0.717) is 0 Å². The summed E-state index contributed by atoms with van der Waals surface area (Å²) < 4.78 is 77.6. The van der Waals surface area contributed by atoms with Crippen molar-refractivity contribution >= 4 is 0 Å². The van der Waals surface area contributed by atoms with Crippen molar-refractivity contribution in [2.24, 2.45) is 0 Å². The van der Waals surface area contributed by atoms with E-state index in [2.05, 4.69) is 0 Å². The van der Waals surface area contributed by atoms with Gasteiger partial charge in [-0.2, -0.15) is 0 Å². The molecule has 0 heterocycles. The second-order valence-electron chi connectivity index (χ2n) is 0.671. The third-order valence-corrected chi connectivity index (χ3v) is 0. The quantitative estimate of drug-likeness (QED) is 0.234. The van der Waals surface area contributed by atoms with E-state index in [4.69, 9.17) is 30.3 Å². The molecule has 13 heteroatoms. The van der Waals surface area contributed by atoms with Crippen LogP contribution in [-0.2, 0) is 75.9 Å². The molecule has 0 aliphatic carbocycles. The topological polar surface area (TPSA) is 172 Å². The average Bonchev–Trinajstić information content (AvgIpc) is 1.54. The maximum absolute atomic E-state index is 8.62. The van der Waals surface area contributed by atoms with Crippen LogP contribution in [0.4, 0.5) is 0 Å². The summed E-state index contributed by atoms with van der Waals surface area (Å²) in [5.41, 5.74) is 0. The fourth-order valence-corrected chi connectivity index (χ4v) is 0. The van der Waals surface area contributed by atoms with E-state index >= 15 is 0 Å². The summed E-state index contributed by atoms with van der Waals surface area (Å²) in [5, 5.41) is 0. The summed E-state index contributed by atoms with van der Waals surface area (Å²) in [4.78, 5) is 0. The van der Waals surface area contributed by atoms with Gasteiger partial charge in [-0.3, -0.25) is 0 Å². The second-order valence-corrected chi connectivity index (χ2v) is 5.49. The number of rotatable bonds is 0. The van der Waals surface area contributed by atoms with Crippen molar-refractivity contribution in [2.45, 2.75) is 0 Å². The Balaban J connectivity index is -0.0000000450. The van der Waals surface area contributed by atoms with Gasteiger partial charge < -0.3 is 0 Å². The predicted molar refractivity (Wildman–Crippen MR) is 4.12 cm³/mol. The van der Waals surface area contributed by atoms with Gasteiger partial charge in [0.05, 0.1) is 0 Å². The average molecular weight is 839 g/mol. The molecule has 0 saturated heterocycles. The molecular weight excluding hydrogens is 839 g/mol. The first-order chi connectivity index (χ1) is 5.20. The van der Waals surface area contributed by atoms with E-state index in [9.17, 15) is 0 Å². The zero-order chi connectivity index (χ0) is 10.7. The van der Waals surface area contributed by atoms with Gasteiger partial charge in [0.2, 0.25) is 0 Å². The molecule has 0 aliphatic heterocycles. The van der Waals surface area contributed by atoms with Crippen molar-refractivity contribution in [2.75, 3.05) is 0 Å². The maximum atomic E-state index is 8.62. The van der Waals surface area contributed by atoms with E-state index in [1.807, 2.05) is 0 Å². The molecule has 0 fully saturated rings. The normalized spacial score (nSPS) is 5.77. The van der Waals surface area contributed by atoms with Crippen molar-refractivity contribution in [3.63, 3.8) is 0 Å². The van der Waals surface area contributed by atoms with Crippen LogP contribution in [0, 0.1) is 49.4 Å². The molecule has 13 heavy (non-hydrogen) atoms. The van der Waals surface area contributed by atoms with Gasteiger partial charge >= 0.3 is 136 Å². The zero-order valence-electron chi connectivity index (χ0n) is 5.39. The molecular formula is EuO9Ta3. The van der Waals surface area contributed by atoms with Crippen LogP contribution in [0.25, 0.3) is 0 Å². The van der Waals surface area contributed by atoms with Crippen LogP contribution in [0.15, 0.2) is 0 Å². The molecule has 0 aromatic rings. The molecule has 0 aliphatic rings. The van der Waals surface area contributed by atoms with E-state index < -0.39 is 56.4 Å². The fraction of sp³-hybridized carbons (Fsp3) is 0. The first kappa shape index (κ1) is 24.6. The minimum atomic E-state index is -4.34. The first-order valence-corrected chi connectivity index (χ1v) is 13.4. The second kappa shape index (κ2) is 20.0. The Morgan fingerprint density at radius 3 is 0.538 bits per heavy atom. The van der Waals surface area contributed by atoms with Gasteiger partial charge in [0.15, 0.2) is 0 Å². The molecule has 0 aromatic heterocycles. The van der Waals surface area contributed by atoms with E-state index in [0.717, 1.165) is 0 Å². The van der Waals surface area contributed by atoms with Gasteiger partial charge in [0.25, 0.3) is 0 Å². The molecule has 0 aromatic carbocycles. The molecule has 0 unspecified atom stereocenters. The van der Waals surface area contributed by atoms with Crippen molar-refractivity contribution in [3.8, 4) is 0 Å². The van der Waals surface area contributed by atoms with E-state index in [1.54, 1.807) is 0 Å². The van der Waals surface area contributed by atoms with Crippen molar-refractivity contribution in [1.82, 2.24) is 0 Å². The molecule has 0 rings (SSSR count). The van der Waals surface area contributed by atoms with Crippen LogP contribution in [-0.4, -0.2) is 0 Å². The molecule has 0 radical (unpaired) electrons. The Kier molecular flexibility index (Phi) is 37.8. The molecule has 0 N–H and O–H groups in total. The SMILES string of the molecule is [Eu+3].[O]=[Ta](=[O])[O-].[O]=[Ta](=[O])[O-].[O]=[Ta](=[O])[O-]. The molecule has 9 nitrogen and oxygen atoms in total. The predicted octanol–water partition coefficient (Wildman–Crippen LogP) is -4.29. The fourth-order valence-electron chi connectivity index (χ4n) is 0. The summed E-state index contributed by atoms with van der Waals surface area (Å²) >= 11 is -13.0. The van der Waals surface area contributed by atoms with Crippen LogP contribution < -0.4 is 10.8 Å². The Morgan fingerprint density at radius 1 is 0.538 bits per heavy atom. The van der Waals surface area contributed by atoms with Crippen LogP contribution in [0.5, 0.6) is 0 Å². The summed E-state index contributed by atoms with van der Waals surface area (Å²) in [6.45, 7) is 0. The molecule has 0 amide bonds. The molecule has 0 spiro atoms. The van der Waals surface area contributed by atoms with Gasteiger partial charge in [-0.05, 0) is 0 Å². The van der Waals surface area contributed by atoms with E-state index in [1.165, 1.54) is 0 Å². The van der Waals surface area contributed by atoms with Gasteiger partial charge in [-0.1, -0.05) is 0 Å². The van der Waals surface area contributed by atoms with Crippen molar-refractivity contribution < 1.29 is 136 Å². The van der Waals surface area contributed by atoms with Gasteiger partial charge in [-0.25, -0.2) is 0 Å². The Labute approximate surface area is 133 Å². The minimum absolute atomic E-state index is 0. The van der Waals surface area contributed by atoms with Gasteiger partial charge in [0.1, 0.15) is 0 Å². The molecule has 0 saturated carbocycles. The zero-order valence-corrected chi connectivity index (χ0v) is 17.5. The van der Waals surface area contributed by atoms with Gasteiger partial charge in [-0.15, -0.1) is 0 Å². The van der Waals surface area contributed by atoms with Crippen LogP contribution in [0.1, 0.15) is 0 Å². The summed E-state index contributed by atoms with van der Waals surface area (Å²) in [6, 6.07) is 0. The van der Waals surface area contributed by atoms with Crippen LogP contribution in [0.2, 0.25) is 0 Å². The monoisotopic (exact) mass is 840 g/mol. The third kappa shape index (κ3) is 366. The first-order valence-electron chi connectivity index (χ1n) is 1.64. The van der Waals surface area contributed by atoms with Crippen LogP contribution >= 0.6 is 0 Å². The number of hydrogen-bond donors (Lipinski definition) is 0. The molecule has 0 atom stereocenters. The van der Waals surface area contributed by atoms with E-state index in [-0.39, 0.29) is 49.4 Å². The van der Waals surface area contributed by atoms with Crippen molar-refractivity contribution in [1.29, 1.82) is 0 Å². The summed E-state index contributed by atoms with van der Waals surface area (Å²) in [6.07, 6.45) is 0. The standard InChI is InChI=1S/Eu.9O.3Ta/q+3;;;;;;;3*-1;;;. The Bertz CT molecular complexity index is 208. The van der Waals surface area contributed by atoms with Crippen LogP contribution in [0.3, 0.4) is 0 Å². The third-order valence-electron chi connectivity index (χ3n) is 0. The number of hydrogen-bond acceptors (Lipinski definition) is 9. The molecule has 0 bridgehead atoms.